The van der Waals surface area contributed by atoms with Crippen molar-refractivity contribution in [2.75, 3.05) is 0 Å². The van der Waals surface area contributed by atoms with Crippen LogP contribution in [0.1, 0.15) is 0 Å². The normalized spacial score (nSPS) is 11.3. The van der Waals surface area contributed by atoms with Crippen molar-refractivity contribution in [1.82, 2.24) is 0 Å². The fourth-order valence-electron chi connectivity index (χ4n) is 1.09. The monoisotopic (exact) mass is 258 g/mol. The second-order valence-electron chi connectivity index (χ2n) is 2.93. The molecule has 16 heavy (non-hydrogen) atoms. The lowest BCUT2D eigenvalue weighted by atomic mass is 10.3. The van der Waals surface area contributed by atoms with Gasteiger partial charge in [0.05, 0.1) is 0 Å². The highest BCUT2D eigenvalue weighted by molar-refractivity contribution is 7.89. The zero-order chi connectivity index (χ0) is 11.6. The van der Waals surface area contributed by atoms with E-state index in [1.165, 1.54) is 24.3 Å². The van der Waals surface area contributed by atoms with Crippen molar-refractivity contribution < 1.29 is 17.0 Å². The van der Waals surface area contributed by atoms with Crippen LogP contribution in [0.4, 0.5) is 4.39 Å². The Labute approximate surface area is 96.2 Å². The predicted molar refractivity (Wildman–Crippen MR) is 58.5 cm³/mol. The highest BCUT2D eigenvalue weighted by Gasteiger charge is 2.17. The molecule has 0 aliphatic carbocycles. The minimum absolute atomic E-state index is 0.0339. The summed E-state index contributed by atoms with van der Waals surface area (Å²) in [6.45, 7) is 0. The average molecular weight is 258 g/mol. The number of halogens is 1. The molecule has 0 aliphatic heterocycles. The summed E-state index contributed by atoms with van der Waals surface area (Å²) in [5.41, 5.74) is 0. The molecular formula is C10H7FO3S2. The lowest BCUT2D eigenvalue weighted by Gasteiger charge is -2.04. The Morgan fingerprint density at radius 2 is 2.00 bits per heavy atom. The molecule has 2 aromatic rings. The van der Waals surface area contributed by atoms with Crippen molar-refractivity contribution in [3.8, 4) is 5.75 Å². The van der Waals surface area contributed by atoms with Crippen molar-refractivity contribution >= 4 is 21.5 Å². The molecule has 6 heteroatoms. The minimum Gasteiger partial charge on any atom is -0.378 e. The Morgan fingerprint density at radius 1 is 1.19 bits per heavy atom. The van der Waals surface area contributed by atoms with E-state index in [-0.39, 0.29) is 9.96 Å². The Balaban J connectivity index is 2.29. The topological polar surface area (TPSA) is 43.4 Å². The summed E-state index contributed by atoms with van der Waals surface area (Å²) < 4.78 is 41.0. The maximum atomic E-state index is 12.8. The summed E-state index contributed by atoms with van der Waals surface area (Å²) in [6.07, 6.45) is 0. The quantitative estimate of drug-likeness (QED) is 0.795. The Hall–Kier alpha value is -1.40. The fraction of sp³-hybridized carbons (Fsp3) is 0. The standard InChI is InChI=1S/C10H7FO3S2/c11-8-3-1-4-9(7-8)14-16(12,13)10-5-2-6-15-10/h1-7H. The van der Waals surface area contributed by atoms with Crippen LogP contribution >= 0.6 is 11.3 Å². The third-order valence-corrected chi connectivity index (χ3v) is 4.35. The Bertz CT molecular complexity index is 576. The average Bonchev–Trinajstić information content (AvgIpc) is 2.69. The van der Waals surface area contributed by atoms with E-state index in [1.807, 2.05) is 0 Å². The number of thiophene rings is 1. The fourth-order valence-corrected chi connectivity index (χ4v) is 2.97. The molecular weight excluding hydrogens is 251 g/mol. The molecule has 2 rings (SSSR count). The van der Waals surface area contributed by atoms with Gasteiger partial charge in [-0.15, -0.1) is 11.3 Å². The zero-order valence-corrected chi connectivity index (χ0v) is 9.59. The summed E-state index contributed by atoms with van der Waals surface area (Å²) in [5, 5.41) is 1.63. The van der Waals surface area contributed by atoms with Crippen LogP contribution < -0.4 is 4.18 Å². The lowest BCUT2D eigenvalue weighted by Crippen LogP contribution is -2.07. The van der Waals surface area contributed by atoms with Gasteiger partial charge in [0.2, 0.25) is 0 Å². The van der Waals surface area contributed by atoms with Crippen LogP contribution in [0.15, 0.2) is 46.0 Å². The van der Waals surface area contributed by atoms with Gasteiger partial charge in [-0.25, -0.2) is 4.39 Å². The van der Waals surface area contributed by atoms with E-state index in [0.29, 0.717) is 0 Å². The van der Waals surface area contributed by atoms with E-state index in [2.05, 4.69) is 0 Å². The molecule has 1 aromatic heterocycles. The van der Waals surface area contributed by atoms with Gasteiger partial charge < -0.3 is 4.18 Å². The van der Waals surface area contributed by atoms with Gasteiger partial charge in [-0.05, 0) is 23.6 Å². The molecule has 0 amide bonds. The van der Waals surface area contributed by atoms with E-state index in [9.17, 15) is 12.8 Å². The van der Waals surface area contributed by atoms with Gasteiger partial charge in [0.25, 0.3) is 0 Å². The van der Waals surface area contributed by atoms with Gasteiger partial charge in [0, 0.05) is 6.07 Å². The second-order valence-corrected chi connectivity index (χ2v) is 5.65. The van der Waals surface area contributed by atoms with E-state index in [1.54, 1.807) is 11.4 Å². The second kappa shape index (κ2) is 4.23. The molecule has 0 saturated carbocycles. The number of hydrogen-bond acceptors (Lipinski definition) is 4. The molecule has 1 aromatic carbocycles. The van der Waals surface area contributed by atoms with Gasteiger partial charge in [0.15, 0.2) is 4.21 Å². The maximum absolute atomic E-state index is 12.8. The van der Waals surface area contributed by atoms with Crippen molar-refractivity contribution in [2.45, 2.75) is 4.21 Å². The maximum Gasteiger partial charge on any atom is 0.348 e. The molecule has 3 nitrogen and oxygen atoms in total. The zero-order valence-electron chi connectivity index (χ0n) is 7.96. The molecule has 0 N–H and O–H groups in total. The molecule has 0 aliphatic rings. The third kappa shape index (κ3) is 2.40. The summed E-state index contributed by atoms with van der Waals surface area (Å²) in [7, 11) is -3.83. The summed E-state index contributed by atoms with van der Waals surface area (Å²) >= 11 is 1.05. The largest absolute Gasteiger partial charge is 0.378 e. The summed E-state index contributed by atoms with van der Waals surface area (Å²) in [6, 6.07) is 8.03. The number of hydrogen-bond donors (Lipinski definition) is 0. The third-order valence-electron chi connectivity index (χ3n) is 1.74. The van der Waals surface area contributed by atoms with Crippen molar-refractivity contribution in [3.05, 3.63) is 47.6 Å². The van der Waals surface area contributed by atoms with Gasteiger partial charge in [-0.3, -0.25) is 0 Å². The molecule has 0 fully saturated rings. The first-order valence-electron chi connectivity index (χ1n) is 4.31. The van der Waals surface area contributed by atoms with E-state index < -0.39 is 15.9 Å². The first kappa shape index (κ1) is 11.1. The highest BCUT2D eigenvalue weighted by Crippen LogP contribution is 2.22. The van der Waals surface area contributed by atoms with Crippen LogP contribution in [0.2, 0.25) is 0 Å². The van der Waals surface area contributed by atoms with Crippen LogP contribution in [0.5, 0.6) is 5.75 Å². The molecule has 1 heterocycles. The molecule has 0 spiro atoms. The smallest absolute Gasteiger partial charge is 0.348 e. The highest BCUT2D eigenvalue weighted by atomic mass is 32.3. The summed E-state index contributed by atoms with van der Waals surface area (Å²) in [5.74, 6) is -0.577. The SMILES string of the molecule is O=S(=O)(Oc1cccc(F)c1)c1cccs1. The molecule has 0 bridgehead atoms. The van der Waals surface area contributed by atoms with Gasteiger partial charge >= 0.3 is 10.1 Å². The van der Waals surface area contributed by atoms with E-state index in [0.717, 1.165) is 17.4 Å². The van der Waals surface area contributed by atoms with Crippen molar-refractivity contribution in [1.29, 1.82) is 0 Å². The lowest BCUT2D eigenvalue weighted by molar-refractivity contribution is 0.485. The van der Waals surface area contributed by atoms with Crippen LogP contribution in [-0.2, 0) is 10.1 Å². The van der Waals surface area contributed by atoms with Crippen molar-refractivity contribution in [3.63, 3.8) is 0 Å². The van der Waals surface area contributed by atoms with E-state index in [4.69, 9.17) is 4.18 Å². The molecule has 0 atom stereocenters. The Kier molecular flexibility index (Phi) is 2.93. The van der Waals surface area contributed by atoms with Gasteiger partial charge in [-0.2, -0.15) is 8.42 Å². The van der Waals surface area contributed by atoms with E-state index >= 15 is 0 Å². The number of rotatable bonds is 3. The molecule has 0 radical (unpaired) electrons. The number of benzene rings is 1. The van der Waals surface area contributed by atoms with Crippen molar-refractivity contribution in [2.24, 2.45) is 0 Å². The minimum atomic E-state index is -3.83. The molecule has 0 unspecified atom stereocenters. The van der Waals surface area contributed by atoms with Gasteiger partial charge in [0.1, 0.15) is 11.6 Å². The van der Waals surface area contributed by atoms with Crippen LogP contribution in [0.3, 0.4) is 0 Å². The predicted octanol–water partition coefficient (Wildman–Crippen LogP) is 2.65. The first-order chi connectivity index (χ1) is 7.58. The van der Waals surface area contributed by atoms with Crippen LogP contribution in [-0.4, -0.2) is 8.42 Å². The molecule has 84 valence electrons. The summed E-state index contributed by atoms with van der Waals surface area (Å²) in [4.78, 5) is 0. The van der Waals surface area contributed by atoms with Crippen LogP contribution in [0, 0.1) is 5.82 Å². The first-order valence-corrected chi connectivity index (χ1v) is 6.60. The van der Waals surface area contributed by atoms with Gasteiger partial charge in [-0.1, -0.05) is 12.1 Å². The van der Waals surface area contributed by atoms with Crippen LogP contribution in [0.25, 0.3) is 0 Å². The Morgan fingerprint density at radius 3 is 2.62 bits per heavy atom. The molecule has 0 saturated heterocycles.